The van der Waals surface area contributed by atoms with Crippen LogP contribution in [-0.4, -0.2) is 23.9 Å². The van der Waals surface area contributed by atoms with Gasteiger partial charge in [0.15, 0.2) is 0 Å². The summed E-state index contributed by atoms with van der Waals surface area (Å²) >= 11 is 0. The fourth-order valence-electron chi connectivity index (χ4n) is 3.98. The molecular formula is C13H14O6. The van der Waals surface area contributed by atoms with Crippen LogP contribution in [0.15, 0.2) is 0 Å². The topological polar surface area (TPSA) is 86.7 Å². The smallest absolute Gasteiger partial charge is 0.317 e. The molecule has 0 spiro atoms. The minimum absolute atomic E-state index is 0.357. The largest absolute Gasteiger partial charge is 0.393 e. The summed E-state index contributed by atoms with van der Waals surface area (Å²) in [5.74, 6) is -5.55. The van der Waals surface area contributed by atoms with Gasteiger partial charge in [0.1, 0.15) is 0 Å². The number of cyclic esters (lactones) is 4. The van der Waals surface area contributed by atoms with Gasteiger partial charge in [-0.3, -0.25) is 19.2 Å². The standard InChI is InChI=1S/C13H14O6/c1-3-5-8-6(10(14)18-12(8)16)4(2)7-9(5)13(17)19-11(7)15/h4-9H,3H2,1-2H3. The third-order valence-electron chi connectivity index (χ3n) is 4.79. The molecule has 3 aliphatic rings. The summed E-state index contributed by atoms with van der Waals surface area (Å²) in [5, 5.41) is 0. The first kappa shape index (κ1) is 12.3. The van der Waals surface area contributed by atoms with E-state index in [9.17, 15) is 19.2 Å². The molecule has 6 heteroatoms. The van der Waals surface area contributed by atoms with Crippen LogP contribution in [0.5, 0.6) is 0 Å². The molecule has 1 aliphatic carbocycles. The molecule has 102 valence electrons. The van der Waals surface area contributed by atoms with E-state index in [4.69, 9.17) is 9.47 Å². The lowest BCUT2D eigenvalue weighted by molar-refractivity contribution is -0.154. The van der Waals surface area contributed by atoms with E-state index in [1.165, 1.54) is 0 Å². The van der Waals surface area contributed by atoms with Crippen molar-refractivity contribution < 1.29 is 28.7 Å². The third kappa shape index (κ3) is 1.42. The van der Waals surface area contributed by atoms with Gasteiger partial charge < -0.3 is 9.47 Å². The highest BCUT2D eigenvalue weighted by Gasteiger charge is 2.65. The number of rotatable bonds is 1. The molecule has 0 aromatic carbocycles. The average Bonchev–Trinajstić information content (AvgIpc) is 2.80. The molecule has 6 nitrogen and oxygen atoms in total. The predicted molar refractivity (Wildman–Crippen MR) is 59.1 cm³/mol. The van der Waals surface area contributed by atoms with E-state index < -0.39 is 53.5 Å². The van der Waals surface area contributed by atoms with Crippen molar-refractivity contribution >= 4 is 23.9 Å². The zero-order valence-corrected chi connectivity index (χ0v) is 10.6. The highest BCUT2D eigenvalue weighted by Crippen LogP contribution is 2.53. The number of esters is 4. The molecule has 0 aromatic rings. The summed E-state index contributed by atoms with van der Waals surface area (Å²) in [5.41, 5.74) is 0. The first-order valence-corrected chi connectivity index (χ1v) is 6.48. The molecule has 2 aliphatic heterocycles. The molecule has 4 atom stereocenters. The number of fused-ring (bicyclic) bond motifs is 2. The summed E-state index contributed by atoms with van der Waals surface area (Å²) < 4.78 is 9.41. The van der Waals surface area contributed by atoms with Gasteiger partial charge in [-0.2, -0.15) is 0 Å². The predicted octanol–water partition coefficient (Wildman–Crippen LogP) is 0.294. The van der Waals surface area contributed by atoms with Crippen molar-refractivity contribution in [2.24, 2.45) is 35.5 Å². The van der Waals surface area contributed by atoms with Gasteiger partial charge in [-0.25, -0.2) is 0 Å². The molecule has 3 rings (SSSR count). The van der Waals surface area contributed by atoms with E-state index >= 15 is 0 Å². The van der Waals surface area contributed by atoms with Crippen molar-refractivity contribution in [2.45, 2.75) is 20.3 Å². The van der Waals surface area contributed by atoms with E-state index in [2.05, 4.69) is 0 Å². The zero-order valence-electron chi connectivity index (χ0n) is 10.6. The van der Waals surface area contributed by atoms with E-state index in [-0.39, 0.29) is 5.92 Å². The van der Waals surface area contributed by atoms with Gasteiger partial charge in [0.2, 0.25) is 0 Å². The summed E-state index contributed by atoms with van der Waals surface area (Å²) in [6, 6.07) is 0. The SMILES string of the molecule is CCC1C2C(=O)OC(=O)C2C(C)C2C(=O)OC(=O)C12. The molecular weight excluding hydrogens is 252 g/mol. The van der Waals surface area contributed by atoms with Crippen molar-refractivity contribution in [1.29, 1.82) is 0 Å². The van der Waals surface area contributed by atoms with E-state index in [0.29, 0.717) is 6.42 Å². The second kappa shape index (κ2) is 3.88. The molecule has 2 heterocycles. The van der Waals surface area contributed by atoms with Crippen LogP contribution in [0.3, 0.4) is 0 Å². The monoisotopic (exact) mass is 266 g/mol. The van der Waals surface area contributed by atoms with Crippen LogP contribution in [0.4, 0.5) is 0 Å². The van der Waals surface area contributed by atoms with Gasteiger partial charge in [-0.1, -0.05) is 20.3 Å². The van der Waals surface area contributed by atoms with Gasteiger partial charge >= 0.3 is 23.9 Å². The van der Waals surface area contributed by atoms with Gasteiger partial charge in [-0.15, -0.1) is 0 Å². The second-order valence-corrected chi connectivity index (χ2v) is 5.51. The number of carbonyl (C=O) groups excluding carboxylic acids is 4. The van der Waals surface area contributed by atoms with Crippen LogP contribution in [0.2, 0.25) is 0 Å². The highest BCUT2D eigenvalue weighted by molar-refractivity contribution is 6.02. The Kier molecular flexibility index (Phi) is 2.52. The lowest BCUT2D eigenvalue weighted by atomic mass is 9.58. The fourth-order valence-corrected chi connectivity index (χ4v) is 3.98. The van der Waals surface area contributed by atoms with Crippen molar-refractivity contribution in [3.63, 3.8) is 0 Å². The van der Waals surface area contributed by atoms with E-state index in [1.54, 1.807) is 6.92 Å². The van der Waals surface area contributed by atoms with Crippen LogP contribution >= 0.6 is 0 Å². The Bertz CT molecular complexity index is 453. The van der Waals surface area contributed by atoms with Crippen LogP contribution < -0.4 is 0 Å². The van der Waals surface area contributed by atoms with Gasteiger partial charge in [0.05, 0.1) is 23.7 Å². The molecule has 4 unspecified atom stereocenters. The first-order valence-electron chi connectivity index (χ1n) is 6.48. The molecule has 1 saturated carbocycles. The Balaban J connectivity index is 2.08. The normalized spacial score (nSPS) is 44.7. The Hall–Kier alpha value is -1.72. The molecule has 0 N–H and O–H groups in total. The average molecular weight is 266 g/mol. The highest BCUT2D eigenvalue weighted by atomic mass is 16.6. The molecule has 0 bridgehead atoms. The van der Waals surface area contributed by atoms with Gasteiger partial charge in [-0.05, 0) is 11.8 Å². The van der Waals surface area contributed by atoms with Crippen LogP contribution in [0.25, 0.3) is 0 Å². The molecule has 2 saturated heterocycles. The Morgan fingerprint density at radius 2 is 1.16 bits per heavy atom. The van der Waals surface area contributed by atoms with Crippen LogP contribution in [0, 0.1) is 35.5 Å². The Morgan fingerprint density at radius 1 is 0.789 bits per heavy atom. The lowest BCUT2D eigenvalue weighted by Gasteiger charge is -2.39. The second-order valence-electron chi connectivity index (χ2n) is 5.51. The molecule has 0 aromatic heterocycles. The summed E-state index contributed by atoms with van der Waals surface area (Å²) in [6.07, 6.45) is 0.528. The molecule has 0 amide bonds. The Labute approximate surface area is 109 Å². The fraction of sp³-hybridized carbons (Fsp3) is 0.692. The van der Waals surface area contributed by atoms with Crippen molar-refractivity contribution in [3.8, 4) is 0 Å². The molecule has 19 heavy (non-hydrogen) atoms. The lowest BCUT2D eigenvalue weighted by Crippen LogP contribution is -2.47. The minimum atomic E-state index is -0.628. The zero-order chi connectivity index (χ0) is 13.9. The maximum absolute atomic E-state index is 11.8. The maximum Gasteiger partial charge on any atom is 0.317 e. The number of ether oxygens (including phenoxy) is 2. The quantitative estimate of drug-likeness (QED) is 0.501. The molecule has 3 fully saturated rings. The maximum atomic E-state index is 11.8. The number of carbonyl (C=O) groups is 4. The van der Waals surface area contributed by atoms with Crippen molar-refractivity contribution in [3.05, 3.63) is 0 Å². The van der Waals surface area contributed by atoms with Crippen molar-refractivity contribution in [2.75, 3.05) is 0 Å². The van der Waals surface area contributed by atoms with Crippen LogP contribution in [0.1, 0.15) is 20.3 Å². The van der Waals surface area contributed by atoms with Gasteiger partial charge in [0, 0.05) is 0 Å². The Morgan fingerprint density at radius 3 is 1.53 bits per heavy atom. The summed E-state index contributed by atoms with van der Waals surface area (Å²) in [7, 11) is 0. The van der Waals surface area contributed by atoms with Gasteiger partial charge in [0.25, 0.3) is 0 Å². The van der Waals surface area contributed by atoms with E-state index in [1.807, 2.05) is 6.92 Å². The van der Waals surface area contributed by atoms with E-state index in [0.717, 1.165) is 0 Å². The number of hydrogen-bond donors (Lipinski definition) is 0. The summed E-state index contributed by atoms with van der Waals surface area (Å²) in [4.78, 5) is 47.2. The first-order chi connectivity index (χ1) is 8.97. The summed E-state index contributed by atoms with van der Waals surface area (Å²) in [6.45, 7) is 3.54. The third-order valence-corrected chi connectivity index (χ3v) is 4.79. The minimum Gasteiger partial charge on any atom is -0.393 e. The molecule has 0 radical (unpaired) electrons. The van der Waals surface area contributed by atoms with Crippen molar-refractivity contribution in [1.82, 2.24) is 0 Å². The number of hydrogen-bond acceptors (Lipinski definition) is 6. The van der Waals surface area contributed by atoms with Crippen LogP contribution in [-0.2, 0) is 28.7 Å².